The third kappa shape index (κ3) is 3.06. The van der Waals surface area contributed by atoms with Crippen molar-refractivity contribution >= 4 is 21.4 Å². The SMILES string of the molecule is C=S(C)(=O)N1CC(O)(C(=O)CC(C)(C)C)C1. The molecule has 1 aliphatic rings. The predicted molar refractivity (Wildman–Crippen MR) is 66.8 cm³/mol. The van der Waals surface area contributed by atoms with Crippen LogP contribution in [0.2, 0.25) is 0 Å². The van der Waals surface area contributed by atoms with Gasteiger partial charge >= 0.3 is 0 Å². The fraction of sp³-hybridized carbons (Fsp3) is 0.818. The molecule has 1 rings (SSSR count). The Bertz CT molecular complexity index is 386. The van der Waals surface area contributed by atoms with E-state index in [1.807, 2.05) is 20.8 Å². The van der Waals surface area contributed by atoms with Crippen LogP contribution in [-0.4, -0.2) is 50.2 Å². The van der Waals surface area contributed by atoms with Crippen LogP contribution in [0.1, 0.15) is 27.2 Å². The fourth-order valence-electron chi connectivity index (χ4n) is 1.63. The summed E-state index contributed by atoms with van der Waals surface area (Å²) >= 11 is 0. The molecule has 1 atom stereocenters. The molecule has 4 nitrogen and oxygen atoms in total. The van der Waals surface area contributed by atoms with Crippen LogP contribution in [0.5, 0.6) is 0 Å². The molecular weight excluding hydrogens is 226 g/mol. The Labute approximate surface area is 97.8 Å². The van der Waals surface area contributed by atoms with Gasteiger partial charge in [-0.2, -0.15) is 0 Å². The minimum Gasteiger partial charge on any atom is -0.379 e. The van der Waals surface area contributed by atoms with Gasteiger partial charge in [-0.1, -0.05) is 20.8 Å². The van der Waals surface area contributed by atoms with Crippen molar-refractivity contribution in [3.05, 3.63) is 0 Å². The molecule has 0 bridgehead atoms. The highest BCUT2D eigenvalue weighted by atomic mass is 32.2. The second-order valence-electron chi connectivity index (χ2n) is 5.95. The second-order valence-corrected chi connectivity index (χ2v) is 8.38. The first-order valence-corrected chi connectivity index (χ1v) is 7.36. The van der Waals surface area contributed by atoms with E-state index in [1.54, 1.807) is 4.31 Å². The lowest BCUT2D eigenvalue weighted by atomic mass is 9.81. The van der Waals surface area contributed by atoms with Gasteiger partial charge in [0, 0.05) is 35.5 Å². The van der Waals surface area contributed by atoms with Crippen LogP contribution in [-0.2, 0) is 14.5 Å². The molecule has 1 unspecified atom stereocenters. The molecule has 0 radical (unpaired) electrons. The molecule has 0 aromatic rings. The van der Waals surface area contributed by atoms with Crippen molar-refractivity contribution in [1.82, 2.24) is 4.31 Å². The average Bonchev–Trinajstić information content (AvgIpc) is 1.92. The first-order chi connectivity index (χ1) is 6.94. The van der Waals surface area contributed by atoms with Gasteiger partial charge in [0.15, 0.2) is 5.78 Å². The van der Waals surface area contributed by atoms with Crippen LogP contribution < -0.4 is 0 Å². The lowest BCUT2D eigenvalue weighted by Gasteiger charge is -2.46. The summed E-state index contributed by atoms with van der Waals surface area (Å²) in [5.41, 5.74) is -1.45. The highest BCUT2D eigenvalue weighted by molar-refractivity contribution is 7.97. The minimum absolute atomic E-state index is 0.134. The van der Waals surface area contributed by atoms with Gasteiger partial charge in [-0.3, -0.25) is 9.00 Å². The Morgan fingerprint density at radius 1 is 1.50 bits per heavy atom. The number of aliphatic hydroxyl groups is 1. The van der Waals surface area contributed by atoms with Gasteiger partial charge in [0.2, 0.25) is 0 Å². The van der Waals surface area contributed by atoms with Crippen molar-refractivity contribution in [2.45, 2.75) is 32.8 Å². The van der Waals surface area contributed by atoms with E-state index < -0.39 is 15.3 Å². The molecule has 1 N–H and O–H groups in total. The van der Waals surface area contributed by atoms with Crippen LogP contribution in [0.4, 0.5) is 0 Å². The number of carbonyl (C=O) groups is 1. The normalized spacial score (nSPS) is 24.6. The number of carbonyl (C=O) groups excluding carboxylic acids is 1. The molecule has 0 aliphatic carbocycles. The van der Waals surface area contributed by atoms with Gasteiger partial charge in [-0.25, -0.2) is 4.31 Å². The third-order valence-corrected chi connectivity index (χ3v) is 3.98. The molecule has 0 amide bonds. The molecule has 94 valence electrons. The number of hydrogen-bond donors (Lipinski definition) is 1. The molecular formula is C11H21NO3S. The molecule has 1 saturated heterocycles. The Kier molecular flexibility index (Phi) is 3.27. The summed E-state index contributed by atoms with van der Waals surface area (Å²) in [6, 6.07) is 0. The van der Waals surface area contributed by atoms with Crippen molar-refractivity contribution in [3.8, 4) is 0 Å². The summed E-state index contributed by atoms with van der Waals surface area (Å²) in [5, 5.41) is 10.0. The summed E-state index contributed by atoms with van der Waals surface area (Å²) in [7, 11) is -2.29. The monoisotopic (exact) mass is 247 g/mol. The molecule has 0 saturated carbocycles. The lowest BCUT2D eigenvalue weighted by molar-refractivity contribution is -0.150. The Hall–Kier alpha value is -0.390. The van der Waals surface area contributed by atoms with E-state index >= 15 is 0 Å². The van der Waals surface area contributed by atoms with Crippen LogP contribution in [0.3, 0.4) is 0 Å². The summed E-state index contributed by atoms with van der Waals surface area (Å²) in [5.74, 6) is 3.36. The minimum atomic E-state index is -2.29. The molecule has 5 heteroatoms. The van der Waals surface area contributed by atoms with Crippen molar-refractivity contribution in [1.29, 1.82) is 0 Å². The van der Waals surface area contributed by atoms with Gasteiger partial charge in [-0.15, -0.1) is 0 Å². The van der Waals surface area contributed by atoms with Crippen LogP contribution in [0.15, 0.2) is 0 Å². The number of hydrogen-bond acceptors (Lipinski definition) is 3. The molecule has 1 heterocycles. The second kappa shape index (κ2) is 3.82. The topological polar surface area (TPSA) is 57.6 Å². The zero-order chi connectivity index (χ0) is 12.8. The van der Waals surface area contributed by atoms with Crippen molar-refractivity contribution < 1.29 is 14.1 Å². The maximum atomic E-state index is 11.8. The van der Waals surface area contributed by atoms with Crippen molar-refractivity contribution in [3.63, 3.8) is 0 Å². The summed E-state index contributed by atoms with van der Waals surface area (Å²) in [4.78, 5) is 11.8. The van der Waals surface area contributed by atoms with Crippen LogP contribution >= 0.6 is 0 Å². The number of Topliss-reactive ketones (excluding diaryl/α,β-unsaturated/α-hetero) is 1. The number of nitrogens with zero attached hydrogens (tertiary/aromatic N) is 1. The highest BCUT2D eigenvalue weighted by Crippen LogP contribution is 2.29. The van der Waals surface area contributed by atoms with Gasteiger partial charge in [0.25, 0.3) is 0 Å². The van der Waals surface area contributed by atoms with Gasteiger partial charge < -0.3 is 5.11 Å². The zero-order valence-corrected chi connectivity index (χ0v) is 11.3. The first-order valence-electron chi connectivity index (χ1n) is 5.27. The largest absolute Gasteiger partial charge is 0.379 e. The van der Waals surface area contributed by atoms with Gasteiger partial charge in [-0.05, 0) is 11.3 Å². The Morgan fingerprint density at radius 2 is 1.94 bits per heavy atom. The van der Waals surface area contributed by atoms with E-state index in [0.717, 1.165) is 0 Å². The summed E-state index contributed by atoms with van der Waals surface area (Å²) in [6.45, 7) is 6.14. The maximum absolute atomic E-state index is 11.8. The fourth-order valence-corrected chi connectivity index (χ4v) is 2.61. The molecule has 1 aliphatic heterocycles. The molecule has 0 aromatic carbocycles. The van der Waals surface area contributed by atoms with Crippen molar-refractivity contribution in [2.75, 3.05) is 19.3 Å². The van der Waals surface area contributed by atoms with Gasteiger partial charge in [0.05, 0.1) is 0 Å². The predicted octanol–water partition coefficient (Wildman–Crippen LogP) is 0.300. The molecule has 0 spiro atoms. The Balaban J connectivity index is 2.62. The number of ketones is 1. The van der Waals surface area contributed by atoms with E-state index in [-0.39, 0.29) is 24.3 Å². The molecule has 0 aromatic heterocycles. The smallest absolute Gasteiger partial charge is 0.167 e. The highest BCUT2D eigenvalue weighted by Gasteiger charge is 2.49. The standard InChI is InChI=1S/C11H21NO3S/c1-10(2,3)6-9(13)11(14)7-12(8-11)16(4,5)15/h14H,4,6-8H2,1-3,5H3. The average molecular weight is 247 g/mol. The zero-order valence-electron chi connectivity index (χ0n) is 10.4. The number of rotatable bonds is 3. The van der Waals surface area contributed by atoms with E-state index in [1.165, 1.54) is 6.26 Å². The van der Waals surface area contributed by atoms with Crippen LogP contribution in [0.25, 0.3) is 0 Å². The third-order valence-electron chi connectivity index (χ3n) is 2.63. The molecule has 16 heavy (non-hydrogen) atoms. The number of β-amino-alcohol motifs (C(OH)–C–C–N with tert-alkyl or cyclic N) is 1. The Morgan fingerprint density at radius 3 is 2.25 bits per heavy atom. The van der Waals surface area contributed by atoms with E-state index in [4.69, 9.17) is 0 Å². The van der Waals surface area contributed by atoms with Crippen LogP contribution in [0, 0.1) is 5.41 Å². The van der Waals surface area contributed by atoms with E-state index in [9.17, 15) is 14.1 Å². The quantitative estimate of drug-likeness (QED) is 0.730. The molecule has 1 fully saturated rings. The van der Waals surface area contributed by atoms with Gasteiger partial charge in [0.1, 0.15) is 5.60 Å². The van der Waals surface area contributed by atoms with Crippen molar-refractivity contribution in [2.24, 2.45) is 5.41 Å². The lowest BCUT2D eigenvalue weighted by Crippen LogP contribution is -2.67. The maximum Gasteiger partial charge on any atom is 0.167 e. The van der Waals surface area contributed by atoms with E-state index in [2.05, 4.69) is 5.87 Å². The first kappa shape index (κ1) is 13.7. The van der Waals surface area contributed by atoms with E-state index in [0.29, 0.717) is 6.42 Å². The summed E-state index contributed by atoms with van der Waals surface area (Å²) in [6.07, 6.45) is 1.85. The summed E-state index contributed by atoms with van der Waals surface area (Å²) < 4.78 is 13.1.